The van der Waals surface area contributed by atoms with E-state index in [0.29, 0.717) is 0 Å². The van der Waals surface area contributed by atoms with Crippen LogP contribution in [0.1, 0.15) is 52.9 Å². The van der Waals surface area contributed by atoms with Crippen molar-refractivity contribution in [3.05, 3.63) is 0 Å². The van der Waals surface area contributed by atoms with E-state index >= 15 is 0 Å². The summed E-state index contributed by atoms with van der Waals surface area (Å²) in [6.07, 6.45) is 7.05. The third-order valence-electron chi connectivity index (χ3n) is 3.92. The first-order valence-electron chi connectivity index (χ1n) is 5.83. The summed E-state index contributed by atoms with van der Waals surface area (Å²) in [5.74, 6) is 2.88. The van der Waals surface area contributed by atoms with Crippen LogP contribution in [0.5, 0.6) is 0 Å². The quantitative estimate of drug-likeness (QED) is 0.636. The molecule has 0 heterocycles. The molecule has 13 heavy (non-hydrogen) atoms. The lowest BCUT2D eigenvalue weighted by Gasteiger charge is -2.22. The van der Waals surface area contributed by atoms with Gasteiger partial charge in [0, 0.05) is 4.83 Å². The van der Waals surface area contributed by atoms with Gasteiger partial charge in [-0.2, -0.15) is 0 Å². The van der Waals surface area contributed by atoms with E-state index in [-0.39, 0.29) is 0 Å². The van der Waals surface area contributed by atoms with Crippen LogP contribution >= 0.6 is 15.9 Å². The maximum atomic E-state index is 3.78. The first-order valence-corrected chi connectivity index (χ1v) is 6.74. The van der Waals surface area contributed by atoms with Gasteiger partial charge in [-0.3, -0.25) is 0 Å². The van der Waals surface area contributed by atoms with Crippen molar-refractivity contribution in [3.8, 4) is 0 Å². The Balaban J connectivity index is 2.36. The second-order valence-corrected chi connectivity index (χ2v) is 5.81. The average molecular weight is 247 g/mol. The van der Waals surface area contributed by atoms with Crippen molar-refractivity contribution in [2.24, 2.45) is 17.8 Å². The van der Waals surface area contributed by atoms with Crippen LogP contribution in [0.2, 0.25) is 0 Å². The van der Waals surface area contributed by atoms with Gasteiger partial charge < -0.3 is 0 Å². The van der Waals surface area contributed by atoms with E-state index in [4.69, 9.17) is 0 Å². The lowest BCUT2D eigenvalue weighted by Crippen LogP contribution is -2.14. The van der Waals surface area contributed by atoms with E-state index in [0.717, 1.165) is 22.6 Å². The summed E-state index contributed by atoms with van der Waals surface area (Å²) in [5.41, 5.74) is 0. The van der Waals surface area contributed by atoms with Crippen molar-refractivity contribution >= 4 is 15.9 Å². The van der Waals surface area contributed by atoms with Gasteiger partial charge in [-0.1, -0.05) is 49.5 Å². The zero-order valence-electron chi connectivity index (χ0n) is 9.22. The lowest BCUT2D eigenvalue weighted by molar-refractivity contribution is 0.308. The van der Waals surface area contributed by atoms with Gasteiger partial charge in [0.1, 0.15) is 0 Å². The largest absolute Gasteiger partial charge is 0.0888 e. The fourth-order valence-electron chi connectivity index (χ4n) is 2.58. The number of hydrogen-bond donors (Lipinski definition) is 0. The number of alkyl halides is 1. The van der Waals surface area contributed by atoms with Crippen molar-refractivity contribution in [1.82, 2.24) is 0 Å². The summed E-state index contributed by atoms with van der Waals surface area (Å²) in [7, 11) is 0. The van der Waals surface area contributed by atoms with Crippen LogP contribution in [-0.4, -0.2) is 4.83 Å². The van der Waals surface area contributed by atoms with Gasteiger partial charge in [-0.25, -0.2) is 0 Å². The molecule has 0 saturated heterocycles. The van der Waals surface area contributed by atoms with E-state index in [1.165, 1.54) is 32.1 Å². The molecule has 78 valence electrons. The topological polar surface area (TPSA) is 0 Å². The van der Waals surface area contributed by atoms with E-state index in [1.807, 2.05) is 0 Å². The van der Waals surface area contributed by atoms with Crippen molar-refractivity contribution in [2.45, 2.75) is 57.7 Å². The third-order valence-corrected chi connectivity index (χ3v) is 5.21. The zero-order valence-corrected chi connectivity index (χ0v) is 10.8. The van der Waals surface area contributed by atoms with Crippen molar-refractivity contribution < 1.29 is 0 Å². The van der Waals surface area contributed by atoms with Gasteiger partial charge in [-0.15, -0.1) is 0 Å². The minimum Gasteiger partial charge on any atom is -0.0888 e. The fourth-order valence-corrected chi connectivity index (χ4v) is 3.27. The molecule has 1 rings (SSSR count). The van der Waals surface area contributed by atoms with Crippen LogP contribution in [0, 0.1) is 17.8 Å². The van der Waals surface area contributed by atoms with E-state index in [2.05, 4.69) is 36.7 Å². The Labute approximate surface area is 91.6 Å². The number of hydrogen-bond acceptors (Lipinski definition) is 0. The maximum absolute atomic E-state index is 3.78. The molecule has 1 heteroatoms. The molecule has 0 N–H and O–H groups in total. The maximum Gasteiger partial charge on any atom is 0.0174 e. The molecule has 0 radical (unpaired) electrons. The van der Waals surface area contributed by atoms with Gasteiger partial charge in [0.15, 0.2) is 0 Å². The molecule has 0 amide bonds. The second-order valence-electron chi connectivity index (χ2n) is 4.63. The van der Waals surface area contributed by atoms with Crippen LogP contribution < -0.4 is 0 Å². The number of rotatable bonds is 4. The molecule has 1 aliphatic carbocycles. The van der Waals surface area contributed by atoms with Crippen LogP contribution in [0.4, 0.5) is 0 Å². The number of halogens is 1. The van der Waals surface area contributed by atoms with Gasteiger partial charge in [-0.05, 0) is 37.0 Å². The zero-order chi connectivity index (χ0) is 9.84. The van der Waals surface area contributed by atoms with E-state index in [9.17, 15) is 0 Å². The molecule has 3 unspecified atom stereocenters. The molecule has 3 atom stereocenters. The predicted molar refractivity (Wildman–Crippen MR) is 63.3 cm³/mol. The minimum absolute atomic E-state index is 0.798. The highest BCUT2D eigenvalue weighted by molar-refractivity contribution is 9.09. The highest BCUT2D eigenvalue weighted by Crippen LogP contribution is 2.40. The molecule has 0 aromatic rings. The molecule has 1 fully saturated rings. The summed E-state index contributed by atoms with van der Waals surface area (Å²) >= 11 is 3.78. The molecular formula is C12H23Br. The van der Waals surface area contributed by atoms with Gasteiger partial charge in [0.25, 0.3) is 0 Å². The smallest absolute Gasteiger partial charge is 0.0174 e. The Hall–Kier alpha value is 0.480. The average Bonchev–Trinajstić information content (AvgIpc) is 2.45. The molecule has 0 nitrogen and oxygen atoms in total. The molecule has 1 saturated carbocycles. The standard InChI is InChI=1S/C12H23Br/c1-4-10(5-2)8-11-6-7-12(13)9(11)3/h9-12H,4-8H2,1-3H3. The van der Waals surface area contributed by atoms with Crippen molar-refractivity contribution in [2.75, 3.05) is 0 Å². The van der Waals surface area contributed by atoms with Crippen molar-refractivity contribution in [1.29, 1.82) is 0 Å². The lowest BCUT2D eigenvalue weighted by atomic mass is 9.85. The first kappa shape index (κ1) is 11.6. The highest BCUT2D eigenvalue weighted by Gasteiger charge is 2.31. The summed E-state index contributed by atoms with van der Waals surface area (Å²) in [6, 6.07) is 0. The molecule has 0 aliphatic heterocycles. The van der Waals surface area contributed by atoms with Gasteiger partial charge >= 0.3 is 0 Å². The van der Waals surface area contributed by atoms with Gasteiger partial charge in [0.05, 0.1) is 0 Å². The Morgan fingerprint density at radius 2 is 1.85 bits per heavy atom. The Bertz CT molecular complexity index is 140. The van der Waals surface area contributed by atoms with Crippen LogP contribution in [0.15, 0.2) is 0 Å². The van der Waals surface area contributed by atoms with Crippen LogP contribution in [-0.2, 0) is 0 Å². The third kappa shape index (κ3) is 2.97. The summed E-state index contributed by atoms with van der Waals surface area (Å²) < 4.78 is 0. The monoisotopic (exact) mass is 246 g/mol. The molecule has 0 aromatic carbocycles. The van der Waals surface area contributed by atoms with E-state index < -0.39 is 0 Å². The van der Waals surface area contributed by atoms with Gasteiger partial charge in [0.2, 0.25) is 0 Å². The van der Waals surface area contributed by atoms with Crippen LogP contribution in [0.25, 0.3) is 0 Å². The normalized spacial score (nSPS) is 34.4. The Morgan fingerprint density at radius 1 is 1.23 bits per heavy atom. The molecular weight excluding hydrogens is 224 g/mol. The van der Waals surface area contributed by atoms with Crippen molar-refractivity contribution in [3.63, 3.8) is 0 Å². The minimum atomic E-state index is 0.798. The van der Waals surface area contributed by atoms with Crippen LogP contribution in [0.3, 0.4) is 0 Å². The highest BCUT2D eigenvalue weighted by atomic mass is 79.9. The summed E-state index contributed by atoms with van der Waals surface area (Å²) in [4.78, 5) is 0.798. The Morgan fingerprint density at radius 3 is 2.23 bits per heavy atom. The molecule has 0 aromatic heterocycles. The summed E-state index contributed by atoms with van der Waals surface area (Å²) in [6.45, 7) is 7.08. The Kier molecular flexibility index (Phi) is 4.78. The molecule has 0 bridgehead atoms. The summed E-state index contributed by atoms with van der Waals surface area (Å²) in [5, 5.41) is 0. The molecule has 1 aliphatic rings. The SMILES string of the molecule is CCC(CC)CC1CCC(Br)C1C. The fraction of sp³-hybridized carbons (Fsp3) is 1.00. The predicted octanol–water partition coefficient (Wildman–Crippen LogP) is 4.62. The second kappa shape index (κ2) is 5.38. The molecule has 0 spiro atoms. The van der Waals surface area contributed by atoms with E-state index in [1.54, 1.807) is 0 Å². The first-order chi connectivity index (χ1) is 6.19.